The van der Waals surface area contributed by atoms with Crippen LogP contribution < -0.4 is 10.6 Å². The van der Waals surface area contributed by atoms with Crippen LogP contribution in [0, 0.1) is 5.92 Å². The van der Waals surface area contributed by atoms with E-state index in [1.165, 1.54) is 4.90 Å². The highest BCUT2D eigenvalue weighted by Gasteiger charge is 2.34. The van der Waals surface area contributed by atoms with E-state index in [0.717, 1.165) is 19.4 Å². The Morgan fingerprint density at radius 3 is 2.76 bits per heavy atom. The van der Waals surface area contributed by atoms with Gasteiger partial charge in [-0.2, -0.15) is 13.2 Å². The molecule has 0 saturated carbocycles. The second-order valence-corrected chi connectivity index (χ2v) is 5.23. The lowest BCUT2D eigenvalue weighted by Gasteiger charge is -2.18. The van der Waals surface area contributed by atoms with Crippen molar-refractivity contribution in [2.24, 2.45) is 10.9 Å². The van der Waals surface area contributed by atoms with E-state index < -0.39 is 12.7 Å². The summed E-state index contributed by atoms with van der Waals surface area (Å²) < 4.78 is 41.9. The van der Waals surface area contributed by atoms with Gasteiger partial charge in [-0.3, -0.25) is 9.89 Å². The van der Waals surface area contributed by atoms with Crippen molar-refractivity contribution < 1.29 is 17.9 Å². The maximum atomic E-state index is 12.3. The smallest absolute Gasteiger partial charge is 0.385 e. The number of aliphatic imine (C=N–C) groups is 1. The summed E-state index contributed by atoms with van der Waals surface area (Å²) in [6.07, 6.45) is -2.45. The van der Waals surface area contributed by atoms with Gasteiger partial charge in [0.2, 0.25) is 0 Å². The van der Waals surface area contributed by atoms with Gasteiger partial charge in [-0.05, 0) is 25.3 Å². The summed E-state index contributed by atoms with van der Waals surface area (Å²) in [5.74, 6) is 0.908. The number of guanidine groups is 1. The highest BCUT2D eigenvalue weighted by atomic mass is 19.4. The van der Waals surface area contributed by atoms with E-state index in [2.05, 4.69) is 15.6 Å². The summed E-state index contributed by atoms with van der Waals surface area (Å²) >= 11 is 0. The zero-order valence-corrected chi connectivity index (χ0v) is 12.7. The van der Waals surface area contributed by atoms with Crippen LogP contribution in [-0.4, -0.2) is 70.5 Å². The van der Waals surface area contributed by atoms with E-state index in [0.29, 0.717) is 32.2 Å². The van der Waals surface area contributed by atoms with Crippen LogP contribution in [0.3, 0.4) is 0 Å². The molecule has 0 aliphatic carbocycles. The fourth-order valence-electron chi connectivity index (χ4n) is 2.36. The highest BCUT2D eigenvalue weighted by molar-refractivity contribution is 5.79. The monoisotopic (exact) mass is 310 g/mol. The molecule has 0 aromatic rings. The van der Waals surface area contributed by atoms with Gasteiger partial charge in [-0.1, -0.05) is 0 Å². The topological polar surface area (TPSA) is 48.9 Å². The molecule has 1 fully saturated rings. The molecular weight excluding hydrogens is 285 g/mol. The number of rotatable bonds is 7. The highest BCUT2D eigenvalue weighted by Crippen LogP contribution is 2.22. The van der Waals surface area contributed by atoms with Crippen molar-refractivity contribution in [2.45, 2.75) is 19.0 Å². The number of hydrogen-bond donors (Lipinski definition) is 2. The standard InChI is InChI=1S/C13H25F3N4O/c1-17-12(18-5-3-7-21-2)19-8-11-4-6-20(9-11)10-13(14,15)16/h11H,3-10H2,1-2H3,(H2,17,18,19). The first kappa shape index (κ1) is 18.0. The molecule has 0 aromatic carbocycles. The largest absolute Gasteiger partial charge is 0.401 e. The van der Waals surface area contributed by atoms with E-state index in [4.69, 9.17) is 4.74 Å². The average molecular weight is 310 g/mol. The summed E-state index contributed by atoms with van der Waals surface area (Å²) in [4.78, 5) is 5.54. The Labute approximate surface area is 123 Å². The number of alkyl halides is 3. The zero-order chi connectivity index (χ0) is 15.7. The van der Waals surface area contributed by atoms with E-state index in [1.54, 1.807) is 14.2 Å². The SMILES string of the molecule is CN=C(NCCCOC)NCC1CCN(CC(F)(F)F)C1. The molecule has 124 valence electrons. The second kappa shape index (κ2) is 9.09. The second-order valence-electron chi connectivity index (χ2n) is 5.23. The summed E-state index contributed by atoms with van der Waals surface area (Å²) in [5, 5.41) is 6.30. The van der Waals surface area contributed by atoms with Crippen molar-refractivity contribution >= 4 is 5.96 Å². The third kappa shape index (κ3) is 8.11. The third-order valence-electron chi connectivity index (χ3n) is 3.37. The number of hydrogen-bond acceptors (Lipinski definition) is 3. The van der Waals surface area contributed by atoms with Crippen molar-refractivity contribution in [1.29, 1.82) is 0 Å². The third-order valence-corrected chi connectivity index (χ3v) is 3.37. The first-order chi connectivity index (χ1) is 9.94. The number of nitrogens with one attached hydrogen (secondary N) is 2. The van der Waals surface area contributed by atoms with Gasteiger partial charge in [0.05, 0.1) is 6.54 Å². The predicted molar refractivity (Wildman–Crippen MR) is 76.5 cm³/mol. The van der Waals surface area contributed by atoms with Crippen molar-refractivity contribution in [3.8, 4) is 0 Å². The van der Waals surface area contributed by atoms with Crippen molar-refractivity contribution in [3.63, 3.8) is 0 Å². The van der Waals surface area contributed by atoms with Crippen molar-refractivity contribution in [3.05, 3.63) is 0 Å². The van der Waals surface area contributed by atoms with Crippen LogP contribution in [-0.2, 0) is 4.74 Å². The molecule has 0 aromatic heterocycles. The van der Waals surface area contributed by atoms with E-state index >= 15 is 0 Å². The Balaban J connectivity index is 2.19. The van der Waals surface area contributed by atoms with Gasteiger partial charge in [-0.25, -0.2) is 0 Å². The maximum Gasteiger partial charge on any atom is 0.401 e. The van der Waals surface area contributed by atoms with Crippen LogP contribution >= 0.6 is 0 Å². The number of methoxy groups -OCH3 is 1. The lowest BCUT2D eigenvalue weighted by Crippen LogP contribution is -2.41. The van der Waals surface area contributed by atoms with Gasteiger partial charge in [0.25, 0.3) is 0 Å². The number of likely N-dealkylation sites (tertiary alicyclic amines) is 1. The molecule has 2 N–H and O–H groups in total. The fourth-order valence-corrected chi connectivity index (χ4v) is 2.36. The summed E-state index contributed by atoms with van der Waals surface area (Å²) in [6, 6.07) is 0. The Bertz CT molecular complexity index is 323. The minimum absolute atomic E-state index is 0.227. The summed E-state index contributed by atoms with van der Waals surface area (Å²) in [6.45, 7) is 2.24. The van der Waals surface area contributed by atoms with Crippen molar-refractivity contribution in [1.82, 2.24) is 15.5 Å². The lowest BCUT2D eigenvalue weighted by atomic mass is 10.1. The molecule has 1 heterocycles. The van der Waals surface area contributed by atoms with Gasteiger partial charge in [0.1, 0.15) is 0 Å². The Morgan fingerprint density at radius 1 is 1.38 bits per heavy atom. The molecule has 1 saturated heterocycles. The molecule has 0 amide bonds. The molecule has 1 unspecified atom stereocenters. The molecule has 0 radical (unpaired) electrons. The predicted octanol–water partition coefficient (Wildman–Crippen LogP) is 1.07. The summed E-state index contributed by atoms with van der Waals surface area (Å²) in [7, 11) is 3.33. The first-order valence-corrected chi connectivity index (χ1v) is 7.17. The molecule has 1 aliphatic rings. The normalized spacial score (nSPS) is 20.8. The van der Waals surface area contributed by atoms with Crippen molar-refractivity contribution in [2.75, 3.05) is 53.5 Å². The molecule has 1 aliphatic heterocycles. The Hall–Kier alpha value is -1.02. The zero-order valence-electron chi connectivity index (χ0n) is 12.7. The van der Waals surface area contributed by atoms with Crippen LogP contribution in [0.4, 0.5) is 13.2 Å². The van der Waals surface area contributed by atoms with Gasteiger partial charge in [0, 0.05) is 40.4 Å². The van der Waals surface area contributed by atoms with E-state index in [1.807, 2.05) is 0 Å². The quantitative estimate of drug-likeness (QED) is 0.420. The van der Waals surface area contributed by atoms with Gasteiger partial charge in [0.15, 0.2) is 5.96 Å². The molecule has 1 rings (SSSR count). The van der Waals surface area contributed by atoms with Gasteiger partial charge in [-0.15, -0.1) is 0 Å². The van der Waals surface area contributed by atoms with Crippen LogP contribution in [0.15, 0.2) is 4.99 Å². The van der Waals surface area contributed by atoms with Gasteiger partial charge >= 0.3 is 6.18 Å². The molecule has 0 spiro atoms. The van der Waals surface area contributed by atoms with Crippen LogP contribution in [0.5, 0.6) is 0 Å². The number of nitrogens with zero attached hydrogens (tertiary/aromatic N) is 2. The minimum Gasteiger partial charge on any atom is -0.385 e. The van der Waals surface area contributed by atoms with Gasteiger partial charge < -0.3 is 15.4 Å². The first-order valence-electron chi connectivity index (χ1n) is 7.17. The maximum absolute atomic E-state index is 12.3. The van der Waals surface area contributed by atoms with E-state index in [-0.39, 0.29) is 5.92 Å². The molecule has 8 heteroatoms. The molecule has 21 heavy (non-hydrogen) atoms. The molecule has 0 bridgehead atoms. The van der Waals surface area contributed by atoms with E-state index in [9.17, 15) is 13.2 Å². The number of ether oxygens (including phenoxy) is 1. The number of halogens is 3. The molecule has 1 atom stereocenters. The molecule has 5 nitrogen and oxygen atoms in total. The molecular formula is C13H25F3N4O. The van der Waals surface area contributed by atoms with Crippen LogP contribution in [0.1, 0.15) is 12.8 Å². The van der Waals surface area contributed by atoms with Crippen LogP contribution in [0.2, 0.25) is 0 Å². The Morgan fingerprint density at radius 2 is 2.14 bits per heavy atom. The summed E-state index contributed by atoms with van der Waals surface area (Å²) in [5.41, 5.74) is 0. The fraction of sp³-hybridized carbons (Fsp3) is 0.923. The van der Waals surface area contributed by atoms with Crippen LogP contribution in [0.25, 0.3) is 0 Å². The minimum atomic E-state index is -4.11. The Kier molecular flexibility index (Phi) is 7.81. The average Bonchev–Trinajstić information content (AvgIpc) is 2.83. The lowest BCUT2D eigenvalue weighted by molar-refractivity contribution is -0.143.